The van der Waals surface area contributed by atoms with Crippen molar-refractivity contribution in [2.45, 2.75) is 107 Å². The van der Waals surface area contributed by atoms with E-state index < -0.39 is 23.3 Å². The minimum atomic E-state index is -1.38. The second-order valence-corrected chi connectivity index (χ2v) is 17.8. The first-order valence-corrected chi connectivity index (χ1v) is 22.6. The van der Waals surface area contributed by atoms with Crippen LogP contribution in [0.5, 0.6) is 17.2 Å². The molecule has 0 aromatic heterocycles. The van der Waals surface area contributed by atoms with E-state index in [4.69, 9.17) is 24.2 Å². The molecule has 0 radical (unpaired) electrons. The highest BCUT2D eigenvalue weighted by Gasteiger charge is 2.65. The molecule has 2 N–H and O–H groups in total. The predicted molar refractivity (Wildman–Crippen MR) is 237 cm³/mol. The third kappa shape index (κ3) is 9.95. The van der Waals surface area contributed by atoms with Crippen LogP contribution in [0.2, 0.25) is 0 Å². The van der Waals surface area contributed by atoms with E-state index in [1.165, 1.54) is 0 Å². The highest BCUT2D eigenvalue weighted by Crippen LogP contribution is 2.62. The number of ether oxygens (including phenoxy) is 3. The van der Waals surface area contributed by atoms with Crippen LogP contribution in [0.3, 0.4) is 0 Å². The van der Waals surface area contributed by atoms with Crippen molar-refractivity contribution < 1.29 is 34.1 Å². The van der Waals surface area contributed by atoms with Gasteiger partial charge >= 0.3 is 0 Å². The number of amides is 1. The van der Waals surface area contributed by atoms with Crippen LogP contribution in [0.1, 0.15) is 106 Å². The van der Waals surface area contributed by atoms with Crippen LogP contribution < -0.4 is 9.47 Å². The SMILES string of the molecule is C=CCO[C@@]12Oc3ccc(Oc4ccc(SC)cc4)cc3[C@H]3[C@H](CCCCO)[C@@H](CCCCO)C=C(C(=NOC(C)(C)C)C[C@@H]1N(CCC)C(=O)c1ccc(C#N)cc1)[C@H]32. The number of hydrogen-bond donors (Lipinski definition) is 2. The van der Waals surface area contributed by atoms with Gasteiger partial charge in [-0.2, -0.15) is 5.26 Å². The van der Waals surface area contributed by atoms with Gasteiger partial charge in [0, 0.05) is 48.1 Å². The molecule has 3 aromatic rings. The average molecular weight is 836 g/mol. The molecule has 2 aliphatic carbocycles. The number of carbonyl (C=O) groups excluding carboxylic acids is 1. The van der Waals surface area contributed by atoms with Gasteiger partial charge in [-0.3, -0.25) is 4.79 Å². The maximum absolute atomic E-state index is 14.9. The number of aliphatic hydroxyl groups is 2. The summed E-state index contributed by atoms with van der Waals surface area (Å²) in [6.45, 7) is 12.8. The molecule has 10 nitrogen and oxygen atoms in total. The van der Waals surface area contributed by atoms with Gasteiger partial charge in [0.15, 0.2) is 0 Å². The Hall–Kier alpha value is -4.60. The molecule has 11 heteroatoms. The number of fused-ring (bicyclic) bond motifs is 2. The number of nitrogens with zero attached hydrogens (tertiary/aromatic N) is 3. The van der Waals surface area contributed by atoms with Crippen molar-refractivity contribution in [3.05, 3.63) is 108 Å². The van der Waals surface area contributed by atoms with E-state index in [0.717, 1.165) is 53.2 Å². The van der Waals surface area contributed by atoms with Gasteiger partial charge in [0.25, 0.3) is 5.91 Å². The molecule has 1 heterocycles. The van der Waals surface area contributed by atoms with Crippen molar-refractivity contribution in [1.29, 1.82) is 5.26 Å². The van der Waals surface area contributed by atoms with Gasteiger partial charge in [-0.15, -0.1) is 18.3 Å². The maximum atomic E-state index is 14.9. The fraction of sp³-hybridized carbons (Fsp3) is 0.490. The summed E-state index contributed by atoms with van der Waals surface area (Å²) in [7, 11) is 0. The number of nitriles is 1. The third-order valence-corrected chi connectivity index (χ3v) is 12.5. The Balaban J connectivity index is 1.60. The number of allylic oxidation sites excluding steroid dienone is 1. The number of carbonyl (C=O) groups is 1. The molecule has 3 aromatic carbocycles. The van der Waals surface area contributed by atoms with Crippen LogP contribution >= 0.6 is 11.8 Å². The number of unbranched alkanes of at least 4 members (excludes halogenated alkanes) is 2. The van der Waals surface area contributed by atoms with Crippen LogP contribution in [0, 0.1) is 29.1 Å². The van der Waals surface area contributed by atoms with Gasteiger partial charge in [-0.05, 0) is 143 Å². The van der Waals surface area contributed by atoms with Crippen molar-refractivity contribution in [2.75, 3.05) is 32.6 Å². The third-order valence-electron chi connectivity index (χ3n) is 11.7. The Labute approximate surface area is 360 Å². The summed E-state index contributed by atoms with van der Waals surface area (Å²) >= 11 is 1.68. The normalized spacial score (nSPS) is 23.7. The minimum Gasteiger partial charge on any atom is -0.459 e. The summed E-state index contributed by atoms with van der Waals surface area (Å²) in [6.07, 6.45) is 11.8. The molecule has 6 rings (SSSR count). The fourth-order valence-corrected chi connectivity index (χ4v) is 9.58. The Morgan fingerprint density at radius 3 is 2.37 bits per heavy atom. The first-order chi connectivity index (χ1) is 29.0. The Kier molecular flexibility index (Phi) is 15.2. The highest BCUT2D eigenvalue weighted by atomic mass is 32.2. The Morgan fingerprint density at radius 2 is 1.73 bits per heavy atom. The molecule has 0 bridgehead atoms. The summed E-state index contributed by atoms with van der Waals surface area (Å²) < 4.78 is 21.0. The van der Waals surface area contributed by atoms with Crippen LogP contribution in [0.25, 0.3) is 0 Å². The smallest absolute Gasteiger partial charge is 0.254 e. The van der Waals surface area contributed by atoms with Gasteiger partial charge in [0.2, 0.25) is 5.79 Å². The van der Waals surface area contributed by atoms with E-state index in [9.17, 15) is 20.3 Å². The number of benzene rings is 3. The molecule has 320 valence electrons. The van der Waals surface area contributed by atoms with Crippen molar-refractivity contribution in [2.24, 2.45) is 22.9 Å². The lowest BCUT2D eigenvalue weighted by molar-refractivity contribution is -0.254. The molecule has 0 unspecified atom stereocenters. The van der Waals surface area contributed by atoms with Crippen molar-refractivity contribution in [1.82, 2.24) is 4.90 Å². The van der Waals surface area contributed by atoms with Crippen LogP contribution in [0.4, 0.5) is 0 Å². The van der Waals surface area contributed by atoms with E-state index >= 15 is 0 Å². The van der Waals surface area contributed by atoms with Gasteiger partial charge in [-0.25, -0.2) is 0 Å². The second kappa shape index (κ2) is 20.3. The van der Waals surface area contributed by atoms with Crippen LogP contribution in [0.15, 0.2) is 101 Å². The van der Waals surface area contributed by atoms with Gasteiger partial charge in [0.1, 0.15) is 28.9 Å². The Bertz CT molecular complexity index is 2040. The molecule has 3 aliphatic rings. The molecule has 60 heavy (non-hydrogen) atoms. The molecular formula is C49H61N3O7S. The topological polar surface area (TPSA) is 134 Å². The van der Waals surface area contributed by atoms with Gasteiger partial charge in [-0.1, -0.05) is 37.1 Å². The van der Waals surface area contributed by atoms with Crippen molar-refractivity contribution in [3.8, 4) is 23.3 Å². The lowest BCUT2D eigenvalue weighted by Crippen LogP contribution is -2.70. The van der Waals surface area contributed by atoms with Gasteiger partial charge in [0.05, 0.1) is 29.9 Å². The predicted octanol–water partition coefficient (Wildman–Crippen LogP) is 10.1. The average Bonchev–Trinajstić information content (AvgIpc) is 3.25. The van der Waals surface area contributed by atoms with E-state index in [1.54, 1.807) is 42.1 Å². The molecule has 1 amide bonds. The molecule has 6 atom stereocenters. The summed E-state index contributed by atoms with van der Waals surface area (Å²) in [4.78, 5) is 24.2. The van der Waals surface area contributed by atoms with E-state index in [2.05, 4.69) is 24.8 Å². The zero-order valence-corrected chi connectivity index (χ0v) is 36.6. The lowest BCUT2D eigenvalue weighted by atomic mass is 9.55. The molecule has 0 spiro atoms. The standard InChI is InChI=1S/C49H61N3O7S/c1-7-25-52(47(55)34-17-15-33(32-50)16-18-34)44-31-42(51-59-48(3,4)5)40-29-35(13-9-11-26-53)39(14-10-12-27-54)45-41-30-37(57-36-19-22-38(60-6)23-20-36)21-24-43(41)58-49(44,46(40)45)56-28-8-2/h8,15-24,29-30,35,39,44-46,53-54H,2,7,9-14,25-28,31H2,1,3-6H3/t35-,39+,44-,45+,46+,49+/m0/s1. The summed E-state index contributed by atoms with van der Waals surface area (Å²) in [6, 6.07) is 22.3. The minimum absolute atomic E-state index is 0.0758. The first-order valence-electron chi connectivity index (χ1n) is 21.4. The lowest BCUT2D eigenvalue weighted by Gasteiger charge is -2.60. The Morgan fingerprint density at radius 1 is 1.03 bits per heavy atom. The number of aliphatic hydroxyl groups excluding tert-OH is 2. The first kappa shape index (κ1) is 44.9. The molecule has 0 saturated heterocycles. The molecule has 1 aliphatic heterocycles. The number of oxime groups is 1. The number of thioether (sulfide) groups is 1. The van der Waals surface area contributed by atoms with E-state index in [-0.39, 0.29) is 43.5 Å². The largest absolute Gasteiger partial charge is 0.459 e. The zero-order chi connectivity index (χ0) is 42.9. The van der Waals surface area contributed by atoms with Crippen LogP contribution in [-0.4, -0.2) is 76.8 Å². The number of hydrogen-bond acceptors (Lipinski definition) is 10. The fourth-order valence-electron chi connectivity index (χ4n) is 9.18. The highest BCUT2D eigenvalue weighted by molar-refractivity contribution is 7.98. The maximum Gasteiger partial charge on any atom is 0.254 e. The van der Waals surface area contributed by atoms with Crippen molar-refractivity contribution in [3.63, 3.8) is 0 Å². The summed E-state index contributed by atoms with van der Waals surface area (Å²) in [5.41, 5.74) is 3.05. The molecule has 1 saturated carbocycles. The molecule has 1 fully saturated rings. The summed E-state index contributed by atoms with van der Waals surface area (Å²) in [5, 5.41) is 34.4. The van der Waals surface area contributed by atoms with Gasteiger partial charge < -0.3 is 34.2 Å². The van der Waals surface area contributed by atoms with Crippen molar-refractivity contribution >= 4 is 23.4 Å². The van der Waals surface area contributed by atoms with E-state index in [1.807, 2.05) is 75.2 Å². The molecular weight excluding hydrogens is 775 g/mol. The monoisotopic (exact) mass is 835 g/mol. The zero-order valence-electron chi connectivity index (χ0n) is 35.8. The quantitative estimate of drug-likeness (QED) is 0.0524. The number of rotatable bonds is 19. The van der Waals surface area contributed by atoms with Crippen LogP contribution in [-0.2, 0) is 9.57 Å². The summed E-state index contributed by atoms with van der Waals surface area (Å²) in [5.74, 6) is 0.0321. The second-order valence-electron chi connectivity index (χ2n) is 16.9. The van der Waals surface area contributed by atoms with E-state index in [0.29, 0.717) is 54.9 Å².